The van der Waals surface area contributed by atoms with E-state index in [0.29, 0.717) is 13.1 Å². The molecular weight excluding hydrogens is 333 g/mol. The molecule has 0 atom stereocenters. The van der Waals surface area contributed by atoms with E-state index in [1.165, 1.54) is 39.3 Å². The summed E-state index contributed by atoms with van der Waals surface area (Å²) in [6, 6.07) is 7.13. The van der Waals surface area contributed by atoms with Gasteiger partial charge in [0.1, 0.15) is 16.4 Å². The molecule has 6 nitrogen and oxygen atoms in total. The Bertz CT molecular complexity index is 870. The summed E-state index contributed by atoms with van der Waals surface area (Å²) in [5.74, 6) is -1.12. The van der Waals surface area contributed by atoms with Crippen LogP contribution in [0.5, 0.6) is 0 Å². The molecule has 1 aromatic carbocycles. The van der Waals surface area contributed by atoms with Crippen LogP contribution in [0.15, 0.2) is 41.4 Å². The van der Waals surface area contributed by atoms with Crippen molar-refractivity contribution in [2.75, 3.05) is 18.4 Å². The van der Waals surface area contributed by atoms with Gasteiger partial charge >= 0.3 is 0 Å². The lowest BCUT2D eigenvalue weighted by atomic mass is 10.3. The number of hydrogen-bond donors (Lipinski definition) is 1. The molecule has 1 fully saturated rings. The SMILES string of the molecule is Cn1cc(S(=O)(=O)N2CCCC2)cc1C(=O)Nc1ccccc1F. The van der Waals surface area contributed by atoms with Crippen LogP contribution in [0.4, 0.5) is 10.1 Å². The van der Waals surface area contributed by atoms with Crippen molar-refractivity contribution in [3.63, 3.8) is 0 Å². The van der Waals surface area contributed by atoms with Crippen LogP contribution in [0.25, 0.3) is 0 Å². The van der Waals surface area contributed by atoms with E-state index < -0.39 is 21.7 Å². The number of para-hydroxylation sites is 1. The van der Waals surface area contributed by atoms with E-state index in [1.54, 1.807) is 13.1 Å². The number of amides is 1. The van der Waals surface area contributed by atoms with Crippen LogP contribution < -0.4 is 5.32 Å². The number of hydrogen-bond acceptors (Lipinski definition) is 3. The standard InChI is InChI=1S/C16H18FN3O3S/c1-19-11-12(24(22,23)20-8-4-5-9-20)10-15(19)16(21)18-14-7-3-2-6-13(14)17/h2-3,6-7,10-11H,4-5,8-9H2,1H3,(H,18,21). The molecule has 24 heavy (non-hydrogen) atoms. The zero-order valence-electron chi connectivity index (χ0n) is 13.2. The predicted molar refractivity (Wildman–Crippen MR) is 87.8 cm³/mol. The van der Waals surface area contributed by atoms with Gasteiger partial charge in [0.2, 0.25) is 10.0 Å². The fourth-order valence-corrected chi connectivity index (χ4v) is 4.32. The number of carbonyl (C=O) groups is 1. The van der Waals surface area contributed by atoms with Gasteiger partial charge in [-0.05, 0) is 31.0 Å². The molecule has 0 spiro atoms. The highest BCUT2D eigenvalue weighted by molar-refractivity contribution is 7.89. The van der Waals surface area contributed by atoms with Crippen LogP contribution in [-0.2, 0) is 17.1 Å². The predicted octanol–water partition coefficient (Wildman–Crippen LogP) is 2.20. The molecule has 1 aromatic heterocycles. The van der Waals surface area contributed by atoms with Crippen molar-refractivity contribution in [1.82, 2.24) is 8.87 Å². The van der Waals surface area contributed by atoms with Crippen molar-refractivity contribution in [3.8, 4) is 0 Å². The number of rotatable bonds is 4. The van der Waals surface area contributed by atoms with Crippen molar-refractivity contribution in [2.24, 2.45) is 7.05 Å². The van der Waals surface area contributed by atoms with E-state index in [1.807, 2.05) is 0 Å². The summed E-state index contributed by atoms with van der Waals surface area (Å²) < 4.78 is 41.6. The van der Waals surface area contributed by atoms with Crippen molar-refractivity contribution in [3.05, 3.63) is 48.0 Å². The molecule has 8 heteroatoms. The molecule has 0 radical (unpaired) electrons. The van der Waals surface area contributed by atoms with Gasteiger partial charge in [0.15, 0.2) is 0 Å². The monoisotopic (exact) mass is 351 g/mol. The summed E-state index contributed by atoms with van der Waals surface area (Å²) in [5, 5.41) is 2.46. The lowest BCUT2D eigenvalue weighted by Crippen LogP contribution is -2.27. The summed E-state index contributed by atoms with van der Waals surface area (Å²) in [6.07, 6.45) is 3.09. The third kappa shape index (κ3) is 3.07. The van der Waals surface area contributed by atoms with Crippen LogP contribution in [0.3, 0.4) is 0 Å². The van der Waals surface area contributed by atoms with E-state index in [0.717, 1.165) is 12.8 Å². The molecule has 0 unspecified atom stereocenters. The first-order valence-corrected chi connectivity index (χ1v) is 9.06. The lowest BCUT2D eigenvalue weighted by Gasteiger charge is -2.13. The average Bonchev–Trinajstić information content (AvgIpc) is 3.19. The van der Waals surface area contributed by atoms with Crippen LogP contribution in [0.1, 0.15) is 23.3 Å². The Morgan fingerprint density at radius 1 is 1.21 bits per heavy atom. The number of aromatic nitrogens is 1. The first-order chi connectivity index (χ1) is 11.4. The fourth-order valence-electron chi connectivity index (χ4n) is 2.73. The van der Waals surface area contributed by atoms with Crippen molar-refractivity contribution in [2.45, 2.75) is 17.7 Å². The Kier molecular flexibility index (Phi) is 4.42. The summed E-state index contributed by atoms with van der Waals surface area (Å²) in [6.45, 7) is 0.988. The zero-order chi connectivity index (χ0) is 17.3. The van der Waals surface area contributed by atoms with Gasteiger partial charge in [0.25, 0.3) is 5.91 Å². The smallest absolute Gasteiger partial charge is 0.272 e. The number of aryl methyl sites for hydroxylation is 1. The maximum Gasteiger partial charge on any atom is 0.272 e. The first kappa shape index (κ1) is 16.7. The molecular formula is C16H18FN3O3S. The topological polar surface area (TPSA) is 71.4 Å². The molecule has 1 saturated heterocycles. The van der Waals surface area contributed by atoms with E-state index >= 15 is 0 Å². The third-order valence-corrected chi connectivity index (χ3v) is 5.90. The first-order valence-electron chi connectivity index (χ1n) is 7.62. The minimum Gasteiger partial charge on any atom is -0.345 e. The van der Waals surface area contributed by atoms with Gasteiger partial charge in [-0.2, -0.15) is 4.31 Å². The molecule has 2 aromatic rings. The van der Waals surface area contributed by atoms with Crippen LogP contribution in [0, 0.1) is 5.82 Å². The largest absolute Gasteiger partial charge is 0.345 e. The number of benzene rings is 1. The van der Waals surface area contributed by atoms with Crippen molar-refractivity contribution < 1.29 is 17.6 Å². The van der Waals surface area contributed by atoms with Gasteiger partial charge in [0.05, 0.1) is 5.69 Å². The van der Waals surface area contributed by atoms with Crippen LogP contribution in [-0.4, -0.2) is 36.3 Å². The number of carbonyl (C=O) groups excluding carboxylic acids is 1. The molecule has 0 bridgehead atoms. The highest BCUT2D eigenvalue weighted by Gasteiger charge is 2.29. The molecule has 0 saturated carbocycles. The molecule has 1 N–H and O–H groups in total. The Labute approximate surface area is 139 Å². The summed E-state index contributed by atoms with van der Waals surface area (Å²) in [4.78, 5) is 12.4. The second-order valence-corrected chi connectivity index (χ2v) is 7.66. The molecule has 1 aliphatic heterocycles. The van der Waals surface area contributed by atoms with Crippen molar-refractivity contribution in [1.29, 1.82) is 0 Å². The van der Waals surface area contributed by atoms with Gasteiger partial charge in [-0.1, -0.05) is 12.1 Å². The molecule has 1 amide bonds. The third-order valence-electron chi connectivity index (χ3n) is 4.04. The van der Waals surface area contributed by atoms with E-state index in [9.17, 15) is 17.6 Å². The highest BCUT2D eigenvalue weighted by atomic mass is 32.2. The van der Waals surface area contributed by atoms with Gasteiger partial charge in [-0.25, -0.2) is 12.8 Å². The zero-order valence-corrected chi connectivity index (χ0v) is 14.0. The van der Waals surface area contributed by atoms with E-state index in [2.05, 4.69) is 5.32 Å². The summed E-state index contributed by atoms with van der Waals surface area (Å²) in [5.41, 5.74) is 0.198. The normalized spacial score (nSPS) is 15.6. The van der Waals surface area contributed by atoms with Gasteiger partial charge < -0.3 is 9.88 Å². The van der Waals surface area contributed by atoms with Gasteiger partial charge in [-0.15, -0.1) is 0 Å². The maximum absolute atomic E-state index is 13.6. The average molecular weight is 351 g/mol. The number of nitrogens with zero attached hydrogens (tertiary/aromatic N) is 2. The van der Waals surface area contributed by atoms with Gasteiger partial charge in [0, 0.05) is 26.3 Å². The molecule has 1 aliphatic rings. The van der Waals surface area contributed by atoms with Crippen LogP contribution in [0.2, 0.25) is 0 Å². The molecule has 0 aliphatic carbocycles. The number of sulfonamides is 1. The highest BCUT2D eigenvalue weighted by Crippen LogP contribution is 2.23. The van der Waals surface area contributed by atoms with Crippen LogP contribution >= 0.6 is 0 Å². The number of nitrogens with one attached hydrogen (secondary N) is 1. The second-order valence-electron chi connectivity index (χ2n) is 5.72. The quantitative estimate of drug-likeness (QED) is 0.918. The Morgan fingerprint density at radius 2 is 1.88 bits per heavy atom. The Hall–Kier alpha value is -2.19. The Morgan fingerprint density at radius 3 is 2.54 bits per heavy atom. The maximum atomic E-state index is 13.6. The molecule has 128 valence electrons. The van der Waals surface area contributed by atoms with Crippen molar-refractivity contribution >= 4 is 21.6 Å². The minimum absolute atomic E-state index is 0.0488. The number of halogens is 1. The Balaban J connectivity index is 1.86. The summed E-state index contributed by atoms with van der Waals surface area (Å²) >= 11 is 0. The lowest BCUT2D eigenvalue weighted by molar-refractivity contribution is 0.101. The van der Waals surface area contributed by atoms with E-state index in [-0.39, 0.29) is 16.3 Å². The van der Waals surface area contributed by atoms with E-state index in [4.69, 9.17) is 0 Å². The van der Waals surface area contributed by atoms with Gasteiger partial charge in [-0.3, -0.25) is 4.79 Å². The number of anilines is 1. The summed E-state index contributed by atoms with van der Waals surface area (Å²) in [7, 11) is -2.01. The molecule has 2 heterocycles. The molecule has 3 rings (SSSR count). The fraction of sp³-hybridized carbons (Fsp3) is 0.312. The second kappa shape index (κ2) is 6.37. The minimum atomic E-state index is -3.60.